The van der Waals surface area contributed by atoms with E-state index in [0.29, 0.717) is 22.3 Å². The van der Waals surface area contributed by atoms with Gasteiger partial charge in [-0.25, -0.2) is 0 Å². The molecule has 0 aromatic heterocycles. The van der Waals surface area contributed by atoms with Crippen molar-refractivity contribution < 1.29 is 28.7 Å². The lowest BCUT2D eigenvalue weighted by atomic mass is 10.0. The lowest BCUT2D eigenvalue weighted by molar-refractivity contribution is -0.146. The van der Waals surface area contributed by atoms with Crippen molar-refractivity contribution in [1.29, 1.82) is 0 Å². The first-order chi connectivity index (χ1) is 11.5. The van der Waals surface area contributed by atoms with Crippen LogP contribution in [0.25, 0.3) is 0 Å². The van der Waals surface area contributed by atoms with E-state index in [1.807, 2.05) is 0 Å². The summed E-state index contributed by atoms with van der Waals surface area (Å²) < 4.78 is 9.87. The van der Waals surface area contributed by atoms with Crippen molar-refractivity contribution in [3.05, 3.63) is 34.4 Å². The molecule has 0 unspecified atom stereocenters. The van der Waals surface area contributed by atoms with Crippen molar-refractivity contribution in [2.24, 2.45) is 11.8 Å². The number of hydrogen-bond donors (Lipinski definition) is 0. The molecular weight excluding hydrogens is 312 g/mol. The van der Waals surface area contributed by atoms with Crippen LogP contribution in [-0.4, -0.2) is 36.7 Å². The molecule has 0 radical (unpaired) electrons. The molecule has 6 nitrogen and oxygen atoms in total. The summed E-state index contributed by atoms with van der Waals surface area (Å²) >= 11 is 0. The molecule has 3 rings (SSSR count). The fourth-order valence-electron chi connectivity index (χ4n) is 3.35. The van der Waals surface area contributed by atoms with Crippen LogP contribution in [0.1, 0.15) is 45.7 Å². The topological polar surface area (TPSA) is 86.7 Å². The van der Waals surface area contributed by atoms with Crippen LogP contribution >= 0.6 is 0 Å². The molecule has 1 aromatic rings. The quantitative estimate of drug-likeness (QED) is 0.614. The molecule has 126 valence electrons. The molecule has 0 amide bonds. The van der Waals surface area contributed by atoms with E-state index in [-0.39, 0.29) is 37.6 Å². The summed E-state index contributed by atoms with van der Waals surface area (Å²) in [6.07, 6.45) is 0.468. The summed E-state index contributed by atoms with van der Waals surface area (Å²) in [5.74, 6) is -3.29. The Balaban J connectivity index is 1.88. The molecule has 24 heavy (non-hydrogen) atoms. The van der Waals surface area contributed by atoms with Crippen molar-refractivity contribution >= 4 is 23.5 Å². The summed E-state index contributed by atoms with van der Waals surface area (Å²) in [5.41, 5.74) is 2.22. The van der Waals surface area contributed by atoms with Crippen LogP contribution in [0, 0.1) is 11.8 Å². The molecule has 2 aliphatic carbocycles. The Labute approximate surface area is 139 Å². The Morgan fingerprint density at radius 3 is 1.58 bits per heavy atom. The first kappa shape index (κ1) is 16.4. The van der Waals surface area contributed by atoms with E-state index in [1.165, 1.54) is 0 Å². The van der Waals surface area contributed by atoms with Crippen molar-refractivity contribution in [2.45, 2.75) is 26.7 Å². The summed E-state index contributed by atoms with van der Waals surface area (Å²) in [7, 11) is 0. The number of rotatable bonds is 4. The molecule has 0 spiro atoms. The van der Waals surface area contributed by atoms with Gasteiger partial charge in [0.15, 0.2) is 11.6 Å². The average molecular weight is 330 g/mol. The van der Waals surface area contributed by atoms with E-state index in [2.05, 4.69) is 0 Å². The molecule has 1 aromatic carbocycles. The zero-order valence-corrected chi connectivity index (χ0v) is 13.6. The average Bonchev–Trinajstić information content (AvgIpc) is 3.04. The summed E-state index contributed by atoms with van der Waals surface area (Å²) in [6, 6.07) is 3.28. The Hall–Kier alpha value is -2.50. The Bertz CT molecular complexity index is 684. The van der Waals surface area contributed by atoms with Crippen molar-refractivity contribution in [3.63, 3.8) is 0 Å². The number of carbonyl (C=O) groups excluding carboxylic acids is 4. The number of esters is 2. The lowest BCUT2D eigenvalue weighted by Crippen LogP contribution is -2.23. The van der Waals surface area contributed by atoms with Crippen LogP contribution in [0.2, 0.25) is 0 Å². The van der Waals surface area contributed by atoms with E-state index in [1.54, 1.807) is 26.0 Å². The molecule has 0 heterocycles. The molecule has 0 saturated carbocycles. The Morgan fingerprint density at radius 1 is 0.875 bits per heavy atom. The highest BCUT2D eigenvalue weighted by molar-refractivity contribution is 6.16. The van der Waals surface area contributed by atoms with E-state index in [0.717, 1.165) is 0 Å². The van der Waals surface area contributed by atoms with Gasteiger partial charge in [-0.15, -0.1) is 0 Å². The Kier molecular flexibility index (Phi) is 4.22. The molecule has 0 bridgehead atoms. The molecular formula is C18H18O6. The number of benzene rings is 1. The van der Waals surface area contributed by atoms with Crippen LogP contribution in [-0.2, 0) is 31.9 Å². The van der Waals surface area contributed by atoms with Gasteiger partial charge in [0.2, 0.25) is 0 Å². The van der Waals surface area contributed by atoms with E-state index < -0.39 is 23.8 Å². The zero-order valence-electron chi connectivity index (χ0n) is 13.6. The van der Waals surface area contributed by atoms with Crippen LogP contribution in [0.4, 0.5) is 0 Å². The molecule has 6 heteroatoms. The smallest absolute Gasteiger partial charge is 0.317 e. The zero-order chi connectivity index (χ0) is 17.4. The van der Waals surface area contributed by atoms with Gasteiger partial charge in [-0.2, -0.15) is 0 Å². The van der Waals surface area contributed by atoms with Crippen molar-refractivity contribution in [1.82, 2.24) is 0 Å². The van der Waals surface area contributed by atoms with Crippen molar-refractivity contribution in [3.8, 4) is 0 Å². The van der Waals surface area contributed by atoms with Gasteiger partial charge in [-0.05, 0) is 49.9 Å². The third kappa shape index (κ3) is 2.52. The summed E-state index contributed by atoms with van der Waals surface area (Å²) in [5, 5.41) is 0. The highest BCUT2D eigenvalue weighted by Gasteiger charge is 2.42. The maximum absolute atomic E-state index is 12.4. The SMILES string of the molecule is CCOC(=O)[C@H]1Cc2cc3c(cc2C1=O)C[C@@H](C(=O)OCC)C3=O. The Morgan fingerprint density at radius 2 is 1.25 bits per heavy atom. The van der Waals surface area contributed by atoms with E-state index in [9.17, 15) is 19.2 Å². The molecule has 0 saturated heterocycles. The van der Waals surface area contributed by atoms with Crippen molar-refractivity contribution in [2.75, 3.05) is 13.2 Å². The third-order valence-corrected chi connectivity index (χ3v) is 4.48. The van der Waals surface area contributed by atoms with Gasteiger partial charge in [-0.3, -0.25) is 19.2 Å². The predicted octanol–water partition coefficient (Wildman–Crippen LogP) is 1.52. The summed E-state index contributed by atoms with van der Waals surface area (Å²) in [6.45, 7) is 3.81. The molecule has 2 aliphatic rings. The lowest BCUT2D eigenvalue weighted by Gasteiger charge is -2.06. The standard InChI is InChI=1S/C18H18O6/c1-3-23-17(21)13-7-9-5-12-10(6-11(9)15(13)19)8-14(16(12)20)18(22)24-4-2/h5-6,13-14H,3-4,7-8H2,1-2H3/t13-,14+. The number of hydrogen-bond acceptors (Lipinski definition) is 6. The minimum Gasteiger partial charge on any atom is -0.465 e. The van der Waals surface area contributed by atoms with Gasteiger partial charge in [0, 0.05) is 11.1 Å². The fraction of sp³-hybridized carbons (Fsp3) is 0.444. The number of fused-ring (bicyclic) bond motifs is 2. The first-order valence-corrected chi connectivity index (χ1v) is 8.05. The molecule has 0 fully saturated rings. The first-order valence-electron chi connectivity index (χ1n) is 8.05. The van der Waals surface area contributed by atoms with Gasteiger partial charge < -0.3 is 9.47 Å². The largest absolute Gasteiger partial charge is 0.465 e. The van der Waals surface area contributed by atoms with Crippen LogP contribution in [0.5, 0.6) is 0 Å². The second-order valence-corrected chi connectivity index (χ2v) is 5.91. The number of carbonyl (C=O) groups is 4. The van der Waals surface area contributed by atoms with Crippen LogP contribution < -0.4 is 0 Å². The van der Waals surface area contributed by atoms with Crippen LogP contribution in [0.15, 0.2) is 12.1 Å². The van der Waals surface area contributed by atoms with Gasteiger partial charge in [-0.1, -0.05) is 0 Å². The van der Waals surface area contributed by atoms with E-state index >= 15 is 0 Å². The number of ketones is 2. The normalized spacial score (nSPS) is 21.4. The number of Topliss-reactive ketones (excluding diaryl/α,β-unsaturated/α-hetero) is 2. The van der Waals surface area contributed by atoms with E-state index in [4.69, 9.17) is 9.47 Å². The van der Waals surface area contributed by atoms with Gasteiger partial charge >= 0.3 is 11.9 Å². The second kappa shape index (κ2) is 6.19. The van der Waals surface area contributed by atoms with Gasteiger partial charge in [0.05, 0.1) is 13.2 Å². The second-order valence-electron chi connectivity index (χ2n) is 5.91. The summed E-state index contributed by atoms with van der Waals surface area (Å²) in [4.78, 5) is 48.6. The highest BCUT2D eigenvalue weighted by Crippen LogP contribution is 2.35. The predicted molar refractivity (Wildman–Crippen MR) is 82.8 cm³/mol. The molecule has 0 aliphatic heterocycles. The maximum Gasteiger partial charge on any atom is 0.317 e. The maximum atomic E-state index is 12.4. The number of ether oxygens (including phenoxy) is 2. The fourth-order valence-corrected chi connectivity index (χ4v) is 3.35. The van der Waals surface area contributed by atoms with Crippen LogP contribution in [0.3, 0.4) is 0 Å². The highest BCUT2D eigenvalue weighted by atomic mass is 16.5. The minimum absolute atomic E-state index is 0.217. The monoisotopic (exact) mass is 330 g/mol. The third-order valence-electron chi connectivity index (χ3n) is 4.48. The molecule has 2 atom stereocenters. The van der Waals surface area contributed by atoms with Gasteiger partial charge in [0.25, 0.3) is 0 Å². The van der Waals surface area contributed by atoms with Gasteiger partial charge in [0.1, 0.15) is 11.8 Å². The molecule has 0 N–H and O–H groups in total. The minimum atomic E-state index is -0.835.